The summed E-state index contributed by atoms with van der Waals surface area (Å²) in [5.41, 5.74) is 6.20. The quantitative estimate of drug-likeness (QED) is 0.882. The molecule has 2 rings (SSSR count). The third-order valence-electron chi connectivity index (χ3n) is 4.03. The first-order valence-corrected chi connectivity index (χ1v) is 6.58. The predicted molar refractivity (Wildman–Crippen MR) is 73.4 cm³/mol. The van der Waals surface area contributed by atoms with Gasteiger partial charge in [-0.1, -0.05) is 12.8 Å². The Morgan fingerprint density at radius 2 is 1.95 bits per heavy atom. The Kier molecular flexibility index (Phi) is 4.04. The summed E-state index contributed by atoms with van der Waals surface area (Å²) in [6, 6.07) is 5.54. The number of nitrogens with zero attached hydrogens (tertiary/aromatic N) is 1. The molecule has 3 N–H and O–H groups in total. The highest BCUT2D eigenvalue weighted by molar-refractivity contribution is 5.89. The van der Waals surface area contributed by atoms with Crippen LogP contribution in [0.25, 0.3) is 0 Å². The monoisotopic (exact) mass is 265 g/mol. The lowest BCUT2D eigenvalue weighted by Crippen LogP contribution is -2.53. The molecule has 0 spiro atoms. The normalized spacial score (nSPS) is 17.2. The minimum atomic E-state index is -0.319. The third-order valence-corrected chi connectivity index (χ3v) is 4.03. The highest BCUT2D eigenvalue weighted by Crippen LogP contribution is 2.33. The van der Waals surface area contributed by atoms with Crippen molar-refractivity contribution in [2.45, 2.75) is 31.2 Å². The van der Waals surface area contributed by atoms with E-state index in [1.165, 1.54) is 12.1 Å². The number of likely N-dealkylation sites (N-methyl/N-ethyl adjacent to an activating group) is 1. The van der Waals surface area contributed by atoms with Crippen LogP contribution in [0.1, 0.15) is 25.7 Å². The number of carbonyl (C=O) groups excluding carboxylic acids is 1. The van der Waals surface area contributed by atoms with Gasteiger partial charge in [-0.15, -0.1) is 0 Å². The first-order chi connectivity index (χ1) is 9.07. The fraction of sp³-hybridized carbons (Fsp3) is 0.500. The molecule has 5 heteroatoms. The van der Waals surface area contributed by atoms with Crippen molar-refractivity contribution >= 4 is 11.7 Å². The first-order valence-electron chi connectivity index (χ1n) is 6.58. The van der Waals surface area contributed by atoms with Gasteiger partial charge in [-0.25, -0.2) is 9.18 Å². The Balaban J connectivity index is 2.04. The number of hydrogen-bond donors (Lipinski definition) is 2. The number of halogens is 1. The average molecular weight is 265 g/mol. The van der Waals surface area contributed by atoms with E-state index in [9.17, 15) is 9.18 Å². The van der Waals surface area contributed by atoms with E-state index in [-0.39, 0.29) is 17.4 Å². The molecule has 1 aromatic rings. The lowest BCUT2D eigenvalue weighted by atomic mass is 9.96. The Bertz CT molecular complexity index is 441. The van der Waals surface area contributed by atoms with Crippen molar-refractivity contribution in [3.63, 3.8) is 0 Å². The molecular formula is C14H20FN3O. The highest BCUT2D eigenvalue weighted by Gasteiger charge is 2.38. The summed E-state index contributed by atoms with van der Waals surface area (Å²) in [6.45, 7) is 0.473. The van der Waals surface area contributed by atoms with E-state index >= 15 is 0 Å². The fourth-order valence-electron chi connectivity index (χ4n) is 2.67. The van der Waals surface area contributed by atoms with Gasteiger partial charge in [0.15, 0.2) is 0 Å². The first kappa shape index (κ1) is 13.8. The number of nitrogens with one attached hydrogen (secondary N) is 1. The van der Waals surface area contributed by atoms with Crippen molar-refractivity contribution in [2.24, 2.45) is 5.73 Å². The summed E-state index contributed by atoms with van der Waals surface area (Å²) in [6.07, 6.45) is 4.09. The molecule has 1 aliphatic rings. The Hall–Kier alpha value is -1.62. The van der Waals surface area contributed by atoms with Crippen LogP contribution < -0.4 is 11.1 Å². The fourth-order valence-corrected chi connectivity index (χ4v) is 2.67. The van der Waals surface area contributed by atoms with Crippen molar-refractivity contribution in [2.75, 3.05) is 18.9 Å². The van der Waals surface area contributed by atoms with Gasteiger partial charge >= 0.3 is 6.03 Å². The summed E-state index contributed by atoms with van der Waals surface area (Å²) in [5.74, 6) is -0.319. The van der Waals surface area contributed by atoms with Gasteiger partial charge in [0.05, 0.1) is 5.54 Å². The van der Waals surface area contributed by atoms with E-state index in [1.807, 2.05) is 0 Å². The van der Waals surface area contributed by atoms with Crippen LogP contribution in [0.15, 0.2) is 24.3 Å². The van der Waals surface area contributed by atoms with E-state index < -0.39 is 0 Å². The summed E-state index contributed by atoms with van der Waals surface area (Å²) < 4.78 is 12.8. The Morgan fingerprint density at radius 1 is 1.37 bits per heavy atom. The number of carbonyl (C=O) groups is 1. The van der Waals surface area contributed by atoms with Gasteiger partial charge in [0, 0.05) is 19.3 Å². The van der Waals surface area contributed by atoms with Crippen molar-refractivity contribution in [3.8, 4) is 0 Å². The standard InChI is InChI=1S/C14H20FN3O/c1-18(14(10-16)8-2-3-9-14)13(19)17-12-6-4-11(15)5-7-12/h4-7H,2-3,8-10,16H2,1H3,(H,17,19). The van der Waals surface area contributed by atoms with Crippen LogP contribution in [-0.4, -0.2) is 30.1 Å². The zero-order chi connectivity index (χ0) is 13.9. The lowest BCUT2D eigenvalue weighted by Gasteiger charge is -2.37. The van der Waals surface area contributed by atoms with Gasteiger partial charge < -0.3 is 16.0 Å². The molecule has 4 nitrogen and oxygen atoms in total. The summed E-state index contributed by atoms with van der Waals surface area (Å²) in [4.78, 5) is 13.9. The zero-order valence-electron chi connectivity index (χ0n) is 11.2. The number of amides is 2. The molecule has 0 unspecified atom stereocenters. The number of urea groups is 1. The van der Waals surface area contributed by atoms with Gasteiger partial charge in [-0.05, 0) is 37.1 Å². The number of hydrogen-bond acceptors (Lipinski definition) is 2. The SMILES string of the molecule is CN(C(=O)Nc1ccc(F)cc1)C1(CN)CCCC1. The number of nitrogens with two attached hydrogens (primary N) is 1. The zero-order valence-corrected chi connectivity index (χ0v) is 11.2. The third kappa shape index (κ3) is 2.87. The topological polar surface area (TPSA) is 58.4 Å². The second-order valence-corrected chi connectivity index (χ2v) is 5.13. The minimum Gasteiger partial charge on any atom is -0.328 e. The molecule has 104 valence electrons. The minimum absolute atomic E-state index is 0.195. The van der Waals surface area contributed by atoms with Gasteiger partial charge in [0.2, 0.25) is 0 Å². The predicted octanol–water partition coefficient (Wildman–Crippen LogP) is 2.56. The number of rotatable bonds is 3. The summed E-state index contributed by atoms with van der Waals surface area (Å²) >= 11 is 0. The molecule has 1 aromatic carbocycles. The van der Waals surface area contributed by atoms with Gasteiger partial charge in [-0.3, -0.25) is 0 Å². The van der Waals surface area contributed by atoms with Crippen LogP contribution in [0.3, 0.4) is 0 Å². The molecule has 0 heterocycles. The molecule has 0 saturated heterocycles. The maximum atomic E-state index is 12.8. The second kappa shape index (κ2) is 5.57. The van der Waals surface area contributed by atoms with E-state index in [1.54, 1.807) is 24.1 Å². The Labute approximate surface area is 112 Å². The molecule has 0 aliphatic heterocycles. The van der Waals surface area contributed by atoms with Crippen LogP contribution in [0.2, 0.25) is 0 Å². The van der Waals surface area contributed by atoms with Gasteiger partial charge in [-0.2, -0.15) is 0 Å². The van der Waals surface area contributed by atoms with E-state index in [2.05, 4.69) is 5.32 Å². The molecule has 0 aromatic heterocycles. The summed E-state index contributed by atoms with van der Waals surface area (Å²) in [5, 5.41) is 2.77. The molecule has 0 radical (unpaired) electrons. The summed E-state index contributed by atoms with van der Waals surface area (Å²) in [7, 11) is 1.77. The number of benzene rings is 1. The highest BCUT2D eigenvalue weighted by atomic mass is 19.1. The van der Waals surface area contributed by atoms with Crippen molar-refractivity contribution < 1.29 is 9.18 Å². The van der Waals surface area contributed by atoms with Crippen LogP contribution in [0.4, 0.5) is 14.9 Å². The molecular weight excluding hydrogens is 245 g/mol. The van der Waals surface area contributed by atoms with Crippen LogP contribution in [0, 0.1) is 5.82 Å². The number of anilines is 1. The largest absolute Gasteiger partial charge is 0.328 e. The van der Waals surface area contributed by atoms with Crippen molar-refractivity contribution in [3.05, 3.63) is 30.1 Å². The molecule has 1 aliphatic carbocycles. The molecule has 0 bridgehead atoms. The van der Waals surface area contributed by atoms with Gasteiger partial charge in [0.25, 0.3) is 0 Å². The molecule has 1 fully saturated rings. The van der Waals surface area contributed by atoms with Crippen LogP contribution in [0.5, 0.6) is 0 Å². The molecule has 19 heavy (non-hydrogen) atoms. The van der Waals surface area contributed by atoms with E-state index in [4.69, 9.17) is 5.73 Å². The molecule has 0 atom stereocenters. The van der Waals surface area contributed by atoms with Crippen LogP contribution in [-0.2, 0) is 0 Å². The smallest absolute Gasteiger partial charge is 0.322 e. The maximum Gasteiger partial charge on any atom is 0.322 e. The second-order valence-electron chi connectivity index (χ2n) is 5.13. The van der Waals surface area contributed by atoms with Gasteiger partial charge in [0.1, 0.15) is 5.82 Å². The molecule has 1 saturated carbocycles. The maximum absolute atomic E-state index is 12.8. The van der Waals surface area contributed by atoms with Crippen molar-refractivity contribution in [1.29, 1.82) is 0 Å². The van der Waals surface area contributed by atoms with Crippen LogP contribution >= 0.6 is 0 Å². The Morgan fingerprint density at radius 3 is 2.47 bits per heavy atom. The van der Waals surface area contributed by atoms with Crippen molar-refractivity contribution in [1.82, 2.24) is 4.90 Å². The lowest BCUT2D eigenvalue weighted by molar-refractivity contribution is 0.152. The average Bonchev–Trinajstić information content (AvgIpc) is 2.90. The van der Waals surface area contributed by atoms with E-state index in [0.717, 1.165) is 25.7 Å². The van der Waals surface area contributed by atoms with E-state index in [0.29, 0.717) is 12.2 Å². The molecule has 2 amide bonds.